The molecule has 1 aromatic carbocycles. The minimum atomic E-state index is -0.498. The molecule has 0 aliphatic heterocycles. The molecule has 0 aliphatic carbocycles. The fourth-order valence-corrected chi connectivity index (χ4v) is 2.41. The highest BCUT2D eigenvalue weighted by Crippen LogP contribution is 2.28. The van der Waals surface area contributed by atoms with Crippen LogP contribution >= 0.6 is 0 Å². The standard InChI is InChI=1S/C17H28F2N2/c1-6-14(20)7-13-8-15(18)17(16(19)9-13)21(12(4)5)10-11(2)3/h8-9,11-12,14H,6-7,10,20H2,1-5H3. The number of hydrogen-bond acceptors (Lipinski definition) is 2. The molecule has 4 heteroatoms. The quantitative estimate of drug-likeness (QED) is 0.820. The van der Waals surface area contributed by atoms with Crippen LogP contribution in [0.4, 0.5) is 14.5 Å². The lowest BCUT2D eigenvalue weighted by Gasteiger charge is -2.31. The molecule has 0 radical (unpaired) electrons. The number of benzene rings is 1. The van der Waals surface area contributed by atoms with Gasteiger partial charge < -0.3 is 10.6 Å². The lowest BCUT2D eigenvalue weighted by atomic mass is 10.0. The summed E-state index contributed by atoms with van der Waals surface area (Å²) < 4.78 is 28.8. The smallest absolute Gasteiger partial charge is 0.149 e. The molecule has 2 N–H and O–H groups in total. The second-order valence-corrected chi connectivity index (χ2v) is 6.42. The van der Waals surface area contributed by atoms with Crippen molar-refractivity contribution >= 4 is 5.69 Å². The molecular formula is C17H28F2N2. The van der Waals surface area contributed by atoms with Crippen LogP contribution in [0.5, 0.6) is 0 Å². The zero-order chi connectivity index (χ0) is 16.2. The molecular weight excluding hydrogens is 270 g/mol. The van der Waals surface area contributed by atoms with Crippen LogP contribution in [0.2, 0.25) is 0 Å². The molecule has 0 saturated carbocycles. The Morgan fingerprint density at radius 1 is 1.10 bits per heavy atom. The second-order valence-electron chi connectivity index (χ2n) is 6.42. The van der Waals surface area contributed by atoms with Gasteiger partial charge in [-0.15, -0.1) is 0 Å². The summed E-state index contributed by atoms with van der Waals surface area (Å²) in [5, 5.41) is 0. The van der Waals surface area contributed by atoms with E-state index in [0.29, 0.717) is 24.4 Å². The maximum atomic E-state index is 14.4. The van der Waals surface area contributed by atoms with E-state index in [9.17, 15) is 8.78 Å². The molecule has 0 saturated heterocycles. The largest absolute Gasteiger partial charge is 0.364 e. The van der Waals surface area contributed by atoms with Crippen molar-refractivity contribution in [2.24, 2.45) is 11.7 Å². The zero-order valence-corrected chi connectivity index (χ0v) is 13.8. The fourth-order valence-electron chi connectivity index (χ4n) is 2.41. The predicted octanol–water partition coefficient (Wildman–Crippen LogP) is 4.12. The average molecular weight is 298 g/mol. The molecule has 0 aliphatic rings. The van der Waals surface area contributed by atoms with Crippen LogP contribution in [0.1, 0.15) is 46.6 Å². The Morgan fingerprint density at radius 3 is 2.00 bits per heavy atom. The maximum Gasteiger partial charge on any atom is 0.149 e. The van der Waals surface area contributed by atoms with E-state index in [0.717, 1.165) is 6.42 Å². The first-order chi connectivity index (χ1) is 9.76. The van der Waals surface area contributed by atoms with Crippen LogP contribution in [-0.4, -0.2) is 18.6 Å². The summed E-state index contributed by atoms with van der Waals surface area (Å²) in [6, 6.07) is 2.82. The van der Waals surface area contributed by atoms with Gasteiger partial charge in [-0.05, 0) is 50.3 Å². The lowest BCUT2D eigenvalue weighted by Crippen LogP contribution is -2.35. The third-order valence-electron chi connectivity index (χ3n) is 3.57. The molecule has 0 amide bonds. The number of halogens is 2. The number of hydrogen-bond donors (Lipinski definition) is 1. The fraction of sp³-hybridized carbons (Fsp3) is 0.647. The van der Waals surface area contributed by atoms with E-state index in [4.69, 9.17) is 5.73 Å². The first-order valence-electron chi connectivity index (χ1n) is 7.76. The van der Waals surface area contributed by atoms with Gasteiger partial charge in [0.05, 0.1) is 0 Å². The molecule has 0 aromatic heterocycles. The number of nitrogens with zero attached hydrogens (tertiary/aromatic N) is 1. The Hall–Kier alpha value is -1.16. The minimum absolute atomic E-state index is 0.0418. The van der Waals surface area contributed by atoms with E-state index in [1.54, 1.807) is 4.90 Å². The molecule has 2 nitrogen and oxygen atoms in total. The van der Waals surface area contributed by atoms with Crippen molar-refractivity contribution in [3.8, 4) is 0 Å². The Morgan fingerprint density at radius 2 is 1.62 bits per heavy atom. The van der Waals surface area contributed by atoms with E-state index in [1.807, 2.05) is 34.6 Å². The SMILES string of the molecule is CCC(N)Cc1cc(F)c(N(CC(C)C)C(C)C)c(F)c1. The molecule has 1 atom stereocenters. The van der Waals surface area contributed by atoms with Gasteiger partial charge in [0, 0.05) is 18.6 Å². The summed E-state index contributed by atoms with van der Waals surface area (Å²) in [4.78, 5) is 1.79. The molecule has 0 fully saturated rings. The van der Waals surface area contributed by atoms with E-state index in [2.05, 4.69) is 0 Å². The predicted molar refractivity (Wildman–Crippen MR) is 85.6 cm³/mol. The second kappa shape index (κ2) is 7.74. The Kier molecular flexibility index (Phi) is 6.59. The molecule has 0 heterocycles. The van der Waals surface area contributed by atoms with Gasteiger partial charge in [-0.2, -0.15) is 0 Å². The van der Waals surface area contributed by atoms with Gasteiger partial charge in [-0.3, -0.25) is 0 Å². The number of rotatable bonds is 7. The van der Waals surface area contributed by atoms with Crippen molar-refractivity contribution in [1.82, 2.24) is 0 Å². The summed E-state index contributed by atoms with van der Waals surface area (Å²) in [5.74, 6) is -0.662. The molecule has 21 heavy (non-hydrogen) atoms. The van der Waals surface area contributed by atoms with Crippen LogP contribution < -0.4 is 10.6 Å². The van der Waals surface area contributed by atoms with Gasteiger partial charge in [-0.25, -0.2) is 8.78 Å². The monoisotopic (exact) mass is 298 g/mol. The van der Waals surface area contributed by atoms with Crippen molar-refractivity contribution in [3.05, 3.63) is 29.3 Å². The van der Waals surface area contributed by atoms with E-state index < -0.39 is 11.6 Å². The topological polar surface area (TPSA) is 29.3 Å². The van der Waals surface area contributed by atoms with Crippen LogP contribution in [0.15, 0.2) is 12.1 Å². The lowest BCUT2D eigenvalue weighted by molar-refractivity contribution is 0.521. The van der Waals surface area contributed by atoms with Crippen LogP contribution in [0.3, 0.4) is 0 Å². The third-order valence-corrected chi connectivity index (χ3v) is 3.57. The summed E-state index contributed by atoms with van der Waals surface area (Å²) >= 11 is 0. The van der Waals surface area contributed by atoms with Gasteiger partial charge in [-0.1, -0.05) is 20.8 Å². The van der Waals surface area contributed by atoms with Gasteiger partial charge in [0.1, 0.15) is 17.3 Å². The molecule has 0 bridgehead atoms. The van der Waals surface area contributed by atoms with Crippen LogP contribution in [0.25, 0.3) is 0 Å². The summed E-state index contributed by atoms with van der Waals surface area (Å²) in [6.07, 6.45) is 1.28. The molecule has 120 valence electrons. The van der Waals surface area contributed by atoms with E-state index in [-0.39, 0.29) is 17.8 Å². The van der Waals surface area contributed by atoms with Crippen molar-refractivity contribution in [1.29, 1.82) is 0 Å². The molecule has 1 unspecified atom stereocenters. The highest BCUT2D eigenvalue weighted by Gasteiger charge is 2.21. The summed E-state index contributed by atoms with van der Waals surface area (Å²) in [6.45, 7) is 10.6. The van der Waals surface area contributed by atoms with Gasteiger partial charge in [0.25, 0.3) is 0 Å². The van der Waals surface area contributed by atoms with Gasteiger partial charge in [0.2, 0.25) is 0 Å². The first kappa shape index (κ1) is 17.9. The van der Waals surface area contributed by atoms with Crippen LogP contribution in [-0.2, 0) is 6.42 Å². The molecule has 1 rings (SSSR count). The third kappa shape index (κ3) is 4.95. The zero-order valence-electron chi connectivity index (χ0n) is 13.8. The van der Waals surface area contributed by atoms with Crippen LogP contribution in [0, 0.1) is 17.6 Å². The van der Waals surface area contributed by atoms with Crippen molar-refractivity contribution < 1.29 is 8.78 Å². The maximum absolute atomic E-state index is 14.4. The van der Waals surface area contributed by atoms with Gasteiger partial charge >= 0.3 is 0 Å². The van der Waals surface area contributed by atoms with Crippen molar-refractivity contribution in [3.63, 3.8) is 0 Å². The molecule has 0 spiro atoms. The minimum Gasteiger partial charge on any atom is -0.364 e. The first-order valence-corrected chi connectivity index (χ1v) is 7.76. The Labute approximate surface area is 127 Å². The number of nitrogens with two attached hydrogens (primary N) is 1. The van der Waals surface area contributed by atoms with Crippen molar-refractivity contribution in [2.45, 2.75) is 59.5 Å². The molecule has 1 aromatic rings. The highest BCUT2D eigenvalue weighted by molar-refractivity contribution is 5.51. The normalized spacial score (nSPS) is 13.0. The summed E-state index contributed by atoms with van der Waals surface area (Å²) in [7, 11) is 0. The highest BCUT2D eigenvalue weighted by atomic mass is 19.1. The average Bonchev–Trinajstić information content (AvgIpc) is 2.35. The number of anilines is 1. The van der Waals surface area contributed by atoms with E-state index >= 15 is 0 Å². The Bertz CT molecular complexity index is 435. The summed E-state index contributed by atoms with van der Waals surface area (Å²) in [5.41, 5.74) is 6.56. The van der Waals surface area contributed by atoms with E-state index in [1.165, 1.54) is 12.1 Å². The van der Waals surface area contributed by atoms with Crippen molar-refractivity contribution in [2.75, 3.05) is 11.4 Å². The van der Waals surface area contributed by atoms with Gasteiger partial charge in [0.15, 0.2) is 0 Å². The Balaban J connectivity index is 3.12.